The molecule has 0 unspecified atom stereocenters. The Kier molecular flexibility index (Phi) is 3.98. The van der Waals surface area contributed by atoms with Crippen molar-refractivity contribution >= 4 is 17.5 Å². The number of nitrogens with one attached hydrogen (secondary N) is 1. The summed E-state index contributed by atoms with van der Waals surface area (Å²) < 4.78 is 0. The predicted molar refractivity (Wildman–Crippen MR) is 93.4 cm³/mol. The van der Waals surface area contributed by atoms with Gasteiger partial charge in [0.25, 0.3) is 0 Å². The lowest BCUT2D eigenvalue weighted by Crippen LogP contribution is -2.37. The molecule has 3 rings (SSSR count). The van der Waals surface area contributed by atoms with E-state index in [1.807, 2.05) is 30.3 Å². The number of urea groups is 1. The van der Waals surface area contributed by atoms with E-state index in [9.17, 15) is 9.59 Å². The normalized spacial score (nSPS) is 31.3. The van der Waals surface area contributed by atoms with Gasteiger partial charge in [-0.25, -0.2) is 10.2 Å². The molecule has 5 nitrogen and oxygen atoms in total. The first-order chi connectivity index (χ1) is 11.3. The Morgan fingerprint density at radius 3 is 2.50 bits per heavy atom. The van der Waals surface area contributed by atoms with Gasteiger partial charge in [-0.05, 0) is 29.7 Å². The minimum absolute atomic E-state index is 0.0566. The number of nitrogens with two attached hydrogens (primary N) is 1. The smallest absolute Gasteiger partial charge is 0.332 e. The summed E-state index contributed by atoms with van der Waals surface area (Å²) >= 11 is 0. The summed E-state index contributed by atoms with van der Waals surface area (Å²) in [7, 11) is 0. The maximum atomic E-state index is 13.2. The van der Waals surface area contributed by atoms with E-state index < -0.39 is 6.03 Å². The first-order valence-electron chi connectivity index (χ1n) is 8.47. The lowest BCUT2D eigenvalue weighted by atomic mass is 9.70. The highest BCUT2D eigenvalue weighted by atomic mass is 16.2. The summed E-state index contributed by atoms with van der Waals surface area (Å²) in [6.07, 6.45) is 2.49. The van der Waals surface area contributed by atoms with Gasteiger partial charge in [-0.3, -0.25) is 4.79 Å². The number of fused-ring (bicyclic) bond motifs is 2. The minimum atomic E-state index is -0.707. The molecule has 2 amide bonds. The number of nitrogens with zero attached hydrogens (tertiary/aromatic N) is 1. The van der Waals surface area contributed by atoms with Gasteiger partial charge >= 0.3 is 6.03 Å². The Bertz CT molecular complexity index is 696. The molecule has 2 aliphatic rings. The van der Waals surface area contributed by atoms with Crippen LogP contribution in [0.5, 0.6) is 0 Å². The number of hydrogen-bond acceptors (Lipinski definition) is 3. The number of benzene rings is 1. The summed E-state index contributed by atoms with van der Waals surface area (Å²) in [4.78, 5) is 24.3. The van der Waals surface area contributed by atoms with Crippen LogP contribution in [0.25, 0.3) is 0 Å². The minimum Gasteiger partial charge on any atom is -0.350 e. The van der Waals surface area contributed by atoms with Crippen molar-refractivity contribution in [3.8, 4) is 0 Å². The summed E-state index contributed by atoms with van der Waals surface area (Å²) in [6, 6.07) is 9.18. The van der Waals surface area contributed by atoms with E-state index in [-0.39, 0.29) is 28.4 Å². The van der Waals surface area contributed by atoms with Gasteiger partial charge in [0, 0.05) is 11.8 Å². The molecule has 3 atom stereocenters. The highest BCUT2D eigenvalue weighted by Crippen LogP contribution is 2.66. The molecule has 2 aliphatic carbocycles. The molecule has 128 valence electrons. The van der Waals surface area contributed by atoms with E-state index >= 15 is 0 Å². The number of carbonyl (C=O) groups is 2. The molecule has 3 N–H and O–H groups in total. The Labute approximate surface area is 142 Å². The fourth-order valence-corrected chi connectivity index (χ4v) is 4.62. The Hall–Kier alpha value is -2.17. The number of amides is 2. The first-order valence-corrected chi connectivity index (χ1v) is 8.47. The van der Waals surface area contributed by atoms with E-state index in [0.29, 0.717) is 12.1 Å². The molecular weight excluding hydrogens is 302 g/mol. The number of Topliss-reactive ketones (excluding diaryl/α,β-unsaturated/α-hetero) is 1. The molecule has 0 aromatic heterocycles. The van der Waals surface area contributed by atoms with Crippen LogP contribution in [0, 0.1) is 22.7 Å². The molecule has 5 heteroatoms. The average Bonchev–Trinajstić information content (AvgIpc) is 2.85. The standard InChI is InChI=1S/C19H25N3O2/c1-18(2)13-9-10-19(18,3)16(23)15(13)14(21-22-17(20)24)11-12-7-5-4-6-8-12/h4-8,13,15H,9-11H2,1-3H3,(H3,20,22,24)/b21-14+/t13-,15+,19+/m1/s1. The molecular formula is C19H25N3O2. The molecule has 1 aromatic rings. The van der Waals surface area contributed by atoms with Gasteiger partial charge in [0.15, 0.2) is 0 Å². The van der Waals surface area contributed by atoms with E-state index in [0.717, 1.165) is 18.4 Å². The van der Waals surface area contributed by atoms with Gasteiger partial charge in [0.1, 0.15) is 5.78 Å². The second kappa shape index (κ2) is 5.72. The highest BCUT2D eigenvalue weighted by molar-refractivity contribution is 6.11. The lowest BCUT2D eigenvalue weighted by molar-refractivity contribution is -0.129. The van der Waals surface area contributed by atoms with Crippen molar-refractivity contribution in [2.45, 2.75) is 40.0 Å². The van der Waals surface area contributed by atoms with Gasteiger partial charge in [0.2, 0.25) is 0 Å². The Balaban J connectivity index is 1.96. The van der Waals surface area contributed by atoms with E-state index in [2.05, 4.69) is 31.3 Å². The predicted octanol–water partition coefficient (Wildman–Crippen LogP) is 2.89. The van der Waals surface area contributed by atoms with Gasteiger partial charge in [-0.2, -0.15) is 5.10 Å². The van der Waals surface area contributed by atoms with Crippen molar-refractivity contribution in [3.63, 3.8) is 0 Å². The number of primary amides is 1. The second-order valence-corrected chi connectivity index (χ2v) is 7.78. The number of hydrogen-bond donors (Lipinski definition) is 2. The molecule has 1 aromatic carbocycles. The van der Waals surface area contributed by atoms with Crippen molar-refractivity contribution in [3.05, 3.63) is 35.9 Å². The summed E-state index contributed by atoms with van der Waals surface area (Å²) in [5.74, 6) is 0.266. The largest absolute Gasteiger partial charge is 0.350 e. The number of hydrazone groups is 1. The lowest BCUT2D eigenvalue weighted by Gasteiger charge is -2.32. The summed E-state index contributed by atoms with van der Waals surface area (Å²) in [5.41, 5.74) is 8.93. The quantitative estimate of drug-likeness (QED) is 0.658. The van der Waals surface area contributed by atoms with Crippen molar-refractivity contribution in [2.75, 3.05) is 0 Å². The van der Waals surface area contributed by atoms with Crippen LogP contribution >= 0.6 is 0 Å². The second-order valence-electron chi connectivity index (χ2n) is 7.78. The van der Waals surface area contributed by atoms with Gasteiger partial charge in [-0.15, -0.1) is 0 Å². The van der Waals surface area contributed by atoms with Crippen LogP contribution in [0.4, 0.5) is 4.79 Å². The van der Waals surface area contributed by atoms with Gasteiger partial charge in [0.05, 0.1) is 11.6 Å². The van der Waals surface area contributed by atoms with E-state index in [1.165, 1.54) is 0 Å². The fraction of sp³-hybridized carbons (Fsp3) is 0.526. The monoisotopic (exact) mass is 327 g/mol. The van der Waals surface area contributed by atoms with Crippen LogP contribution in [-0.2, 0) is 11.2 Å². The third-order valence-electron chi connectivity index (χ3n) is 6.43. The number of ketones is 1. The third-order valence-corrected chi connectivity index (χ3v) is 6.43. The van der Waals surface area contributed by atoms with Crippen LogP contribution in [0.1, 0.15) is 39.2 Å². The maximum absolute atomic E-state index is 13.2. The topological polar surface area (TPSA) is 84.6 Å². The van der Waals surface area contributed by atoms with Crippen LogP contribution < -0.4 is 11.2 Å². The Morgan fingerprint density at radius 2 is 1.96 bits per heavy atom. The van der Waals surface area contributed by atoms with E-state index in [1.54, 1.807) is 0 Å². The zero-order valence-electron chi connectivity index (χ0n) is 14.5. The number of rotatable bonds is 4. The van der Waals surface area contributed by atoms with Crippen molar-refractivity contribution < 1.29 is 9.59 Å². The summed E-state index contributed by atoms with van der Waals surface area (Å²) in [5, 5.41) is 4.24. The molecule has 2 fully saturated rings. The van der Waals surface area contributed by atoms with E-state index in [4.69, 9.17) is 5.73 Å². The molecule has 0 heterocycles. The fourth-order valence-electron chi connectivity index (χ4n) is 4.62. The number of carbonyl (C=O) groups excluding carboxylic acids is 2. The van der Waals surface area contributed by atoms with Crippen LogP contribution in [0.2, 0.25) is 0 Å². The highest BCUT2D eigenvalue weighted by Gasteiger charge is 2.67. The van der Waals surface area contributed by atoms with Gasteiger partial charge in [-0.1, -0.05) is 51.1 Å². The summed E-state index contributed by atoms with van der Waals surface area (Å²) in [6.45, 7) is 6.45. The van der Waals surface area contributed by atoms with Crippen LogP contribution in [-0.4, -0.2) is 17.5 Å². The first kappa shape index (κ1) is 16.7. The molecule has 2 bridgehead atoms. The third kappa shape index (κ3) is 2.43. The van der Waals surface area contributed by atoms with Crippen molar-refractivity contribution in [2.24, 2.45) is 33.5 Å². The SMILES string of the molecule is CC1(C)[C@@H]2CC[C@@]1(C)C(=O)[C@@H]2/C(Cc1ccccc1)=N/NC(N)=O. The molecule has 0 radical (unpaired) electrons. The molecule has 0 saturated heterocycles. The van der Waals surface area contributed by atoms with Crippen molar-refractivity contribution in [1.82, 2.24) is 5.43 Å². The van der Waals surface area contributed by atoms with Gasteiger partial charge < -0.3 is 5.73 Å². The van der Waals surface area contributed by atoms with Crippen molar-refractivity contribution in [1.29, 1.82) is 0 Å². The molecule has 0 aliphatic heterocycles. The zero-order chi connectivity index (χ0) is 17.5. The molecule has 0 spiro atoms. The van der Waals surface area contributed by atoms with Crippen LogP contribution in [0.15, 0.2) is 35.4 Å². The molecule has 24 heavy (non-hydrogen) atoms. The molecule has 2 saturated carbocycles. The van der Waals surface area contributed by atoms with Crippen LogP contribution in [0.3, 0.4) is 0 Å². The average molecular weight is 327 g/mol. The Morgan fingerprint density at radius 1 is 1.29 bits per heavy atom. The maximum Gasteiger partial charge on any atom is 0.332 e. The zero-order valence-corrected chi connectivity index (χ0v) is 14.5.